The summed E-state index contributed by atoms with van der Waals surface area (Å²) in [5.74, 6) is -0.626. The summed E-state index contributed by atoms with van der Waals surface area (Å²) in [5.41, 5.74) is 0.717. The first kappa shape index (κ1) is 16.7. The molecule has 1 aliphatic rings. The van der Waals surface area contributed by atoms with E-state index in [1.54, 1.807) is 41.3 Å². The molecule has 5 nitrogen and oxygen atoms in total. The number of para-hydroxylation sites is 1. The van der Waals surface area contributed by atoms with Crippen molar-refractivity contribution in [3.63, 3.8) is 0 Å². The third-order valence-corrected chi connectivity index (χ3v) is 4.43. The van der Waals surface area contributed by atoms with Gasteiger partial charge in [0.25, 0.3) is 11.8 Å². The molecule has 2 amide bonds. The summed E-state index contributed by atoms with van der Waals surface area (Å²) in [6.07, 6.45) is 1.99. The number of hydrogen-bond donors (Lipinski definition) is 1. The van der Waals surface area contributed by atoms with E-state index in [1.807, 2.05) is 0 Å². The molecule has 0 radical (unpaired) electrons. The number of hydrogen-bond acceptors (Lipinski definition) is 3. The van der Waals surface area contributed by atoms with Crippen LogP contribution >= 0.6 is 23.2 Å². The third kappa shape index (κ3) is 3.52. The molecule has 1 aliphatic heterocycles. The summed E-state index contributed by atoms with van der Waals surface area (Å²) in [5, 5.41) is 3.31. The number of halogens is 2. The number of nitrogens with zero attached hydrogens (tertiary/aromatic N) is 2. The minimum Gasteiger partial charge on any atom is -0.337 e. The van der Waals surface area contributed by atoms with Crippen LogP contribution in [0.4, 0.5) is 5.69 Å². The largest absolute Gasteiger partial charge is 0.337 e. The highest BCUT2D eigenvalue weighted by Crippen LogP contribution is 2.30. The first-order chi connectivity index (χ1) is 11.6. The van der Waals surface area contributed by atoms with Gasteiger partial charge >= 0.3 is 0 Å². The lowest BCUT2D eigenvalue weighted by Gasteiger charge is -2.15. The summed E-state index contributed by atoms with van der Waals surface area (Å²) in [7, 11) is 0. The van der Waals surface area contributed by atoms with E-state index in [1.165, 1.54) is 0 Å². The molecule has 1 N–H and O–H groups in total. The molecule has 0 atom stereocenters. The lowest BCUT2D eigenvalue weighted by atomic mass is 10.2. The molecule has 3 rings (SSSR count). The molecule has 124 valence electrons. The van der Waals surface area contributed by atoms with Crippen molar-refractivity contribution >= 4 is 40.7 Å². The average molecular weight is 364 g/mol. The molecule has 0 unspecified atom stereocenters. The number of amides is 2. The molecule has 2 heterocycles. The highest BCUT2D eigenvalue weighted by Gasteiger charge is 2.21. The summed E-state index contributed by atoms with van der Waals surface area (Å²) < 4.78 is 0. The summed E-state index contributed by atoms with van der Waals surface area (Å²) in [4.78, 5) is 30.7. The van der Waals surface area contributed by atoms with Crippen LogP contribution in [0.2, 0.25) is 10.0 Å². The minimum absolute atomic E-state index is 0.135. The van der Waals surface area contributed by atoms with E-state index < -0.39 is 5.91 Å². The zero-order valence-electron chi connectivity index (χ0n) is 12.8. The van der Waals surface area contributed by atoms with Gasteiger partial charge in [0.1, 0.15) is 11.4 Å². The zero-order valence-corrected chi connectivity index (χ0v) is 14.3. The molecule has 7 heteroatoms. The minimum atomic E-state index is -0.471. The number of carbonyl (C=O) groups is 2. The number of aromatic nitrogens is 1. The monoisotopic (exact) mass is 363 g/mol. The maximum atomic E-state index is 12.4. The van der Waals surface area contributed by atoms with Crippen LogP contribution in [-0.2, 0) is 0 Å². The molecule has 0 spiro atoms. The van der Waals surface area contributed by atoms with Gasteiger partial charge in [-0.25, -0.2) is 4.98 Å². The Kier molecular flexibility index (Phi) is 5.02. The Hall–Kier alpha value is -2.11. The molecule has 0 aliphatic carbocycles. The quantitative estimate of drug-likeness (QED) is 0.899. The standard InChI is InChI=1S/C17H15Cl2N3O2/c18-11-5-3-6-12(19)15(11)21-16(23)13-7-4-8-14(20-13)17(24)22-9-1-2-10-22/h3-8H,1-2,9-10H2,(H,21,23). The Labute approximate surface area is 149 Å². The van der Waals surface area contributed by atoms with E-state index in [0.717, 1.165) is 25.9 Å². The highest BCUT2D eigenvalue weighted by molar-refractivity contribution is 6.40. The van der Waals surface area contributed by atoms with Gasteiger partial charge in [-0.3, -0.25) is 9.59 Å². The van der Waals surface area contributed by atoms with E-state index >= 15 is 0 Å². The Morgan fingerprint density at radius 2 is 1.54 bits per heavy atom. The predicted molar refractivity (Wildman–Crippen MR) is 93.8 cm³/mol. The van der Waals surface area contributed by atoms with Gasteiger partial charge in [-0.1, -0.05) is 35.3 Å². The SMILES string of the molecule is O=C(Nc1c(Cl)cccc1Cl)c1cccc(C(=O)N2CCCC2)n1. The molecule has 1 saturated heterocycles. The van der Waals surface area contributed by atoms with Crippen LogP contribution in [-0.4, -0.2) is 34.8 Å². The van der Waals surface area contributed by atoms with Crippen LogP contribution in [0.1, 0.15) is 33.8 Å². The number of carbonyl (C=O) groups excluding carboxylic acids is 2. The molecular formula is C17H15Cl2N3O2. The average Bonchev–Trinajstić information content (AvgIpc) is 3.12. The van der Waals surface area contributed by atoms with Gasteiger partial charge in [0.15, 0.2) is 0 Å². The molecule has 1 fully saturated rings. The van der Waals surface area contributed by atoms with E-state index in [0.29, 0.717) is 15.7 Å². The zero-order chi connectivity index (χ0) is 17.1. The number of nitrogens with one attached hydrogen (secondary N) is 1. The van der Waals surface area contributed by atoms with Crippen molar-refractivity contribution in [3.05, 3.63) is 57.8 Å². The van der Waals surface area contributed by atoms with Gasteiger partial charge in [0, 0.05) is 13.1 Å². The van der Waals surface area contributed by atoms with Crippen LogP contribution in [0.15, 0.2) is 36.4 Å². The maximum Gasteiger partial charge on any atom is 0.274 e. The van der Waals surface area contributed by atoms with Gasteiger partial charge in [-0.05, 0) is 37.1 Å². The lowest BCUT2D eigenvalue weighted by Crippen LogP contribution is -2.29. The Bertz CT molecular complexity index is 769. The second-order valence-corrected chi connectivity index (χ2v) is 6.27. The molecule has 0 bridgehead atoms. The van der Waals surface area contributed by atoms with Crippen molar-refractivity contribution < 1.29 is 9.59 Å². The van der Waals surface area contributed by atoms with Crippen LogP contribution in [0, 0.1) is 0 Å². The van der Waals surface area contributed by atoms with E-state index in [2.05, 4.69) is 10.3 Å². The molecule has 24 heavy (non-hydrogen) atoms. The van der Waals surface area contributed by atoms with E-state index in [-0.39, 0.29) is 17.3 Å². The fourth-order valence-electron chi connectivity index (χ4n) is 2.56. The summed E-state index contributed by atoms with van der Waals surface area (Å²) >= 11 is 12.1. The smallest absolute Gasteiger partial charge is 0.274 e. The number of rotatable bonds is 3. The summed E-state index contributed by atoms with van der Waals surface area (Å²) in [6.45, 7) is 1.46. The predicted octanol–water partition coefficient (Wildman–Crippen LogP) is 3.88. The van der Waals surface area contributed by atoms with Crippen molar-refractivity contribution in [1.82, 2.24) is 9.88 Å². The van der Waals surface area contributed by atoms with E-state index in [9.17, 15) is 9.59 Å². The highest BCUT2D eigenvalue weighted by atomic mass is 35.5. The second-order valence-electron chi connectivity index (χ2n) is 5.46. The first-order valence-corrected chi connectivity index (χ1v) is 8.33. The normalized spacial score (nSPS) is 13.8. The summed E-state index contributed by atoms with van der Waals surface area (Å²) in [6, 6.07) is 9.74. The molecule has 0 saturated carbocycles. The Morgan fingerprint density at radius 3 is 2.21 bits per heavy atom. The Morgan fingerprint density at radius 1 is 0.958 bits per heavy atom. The van der Waals surface area contributed by atoms with Gasteiger partial charge in [-0.2, -0.15) is 0 Å². The molecule has 2 aromatic rings. The maximum absolute atomic E-state index is 12.4. The van der Waals surface area contributed by atoms with Gasteiger partial charge in [-0.15, -0.1) is 0 Å². The number of pyridine rings is 1. The van der Waals surface area contributed by atoms with Crippen LogP contribution < -0.4 is 5.32 Å². The van der Waals surface area contributed by atoms with Crippen molar-refractivity contribution in [1.29, 1.82) is 0 Å². The van der Waals surface area contributed by atoms with Gasteiger partial charge in [0.05, 0.1) is 15.7 Å². The Balaban J connectivity index is 1.80. The number of likely N-dealkylation sites (tertiary alicyclic amines) is 1. The second kappa shape index (κ2) is 7.20. The number of anilines is 1. The van der Waals surface area contributed by atoms with E-state index in [4.69, 9.17) is 23.2 Å². The first-order valence-electron chi connectivity index (χ1n) is 7.58. The topological polar surface area (TPSA) is 62.3 Å². The van der Waals surface area contributed by atoms with Crippen molar-refractivity contribution in [2.45, 2.75) is 12.8 Å². The van der Waals surface area contributed by atoms with Crippen LogP contribution in [0.25, 0.3) is 0 Å². The van der Waals surface area contributed by atoms with Crippen LogP contribution in [0.3, 0.4) is 0 Å². The van der Waals surface area contributed by atoms with Gasteiger partial charge in [0.2, 0.25) is 0 Å². The molecule has 1 aromatic carbocycles. The molecular weight excluding hydrogens is 349 g/mol. The van der Waals surface area contributed by atoms with Gasteiger partial charge < -0.3 is 10.2 Å². The van der Waals surface area contributed by atoms with Crippen molar-refractivity contribution in [2.24, 2.45) is 0 Å². The fraction of sp³-hybridized carbons (Fsp3) is 0.235. The number of benzene rings is 1. The van der Waals surface area contributed by atoms with Crippen molar-refractivity contribution in [3.8, 4) is 0 Å². The lowest BCUT2D eigenvalue weighted by molar-refractivity contribution is 0.0787. The third-order valence-electron chi connectivity index (χ3n) is 3.80. The molecule has 1 aromatic heterocycles. The van der Waals surface area contributed by atoms with Crippen molar-refractivity contribution in [2.75, 3.05) is 18.4 Å². The van der Waals surface area contributed by atoms with Crippen LogP contribution in [0.5, 0.6) is 0 Å². The fourth-order valence-corrected chi connectivity index (χ4v) is 3.05.